The monoisotopic (exact) mass is 330 g/mol. The fraction of sp³-hybridized carbons (Fsp3) is 0.222. The Hall–Kier alpha value is -2.76. The number of halogens is 2. The smallest absolute Gasteiger partial charge is 0.251 e. The Balaban J connectivity index is 1.57. The van der Waals surface area contributed by atoms with E-state index in [0.717, 1.165) is 28.9 Å². The van der Waals surface area contributed by atoms with Gasteiger partial charge in [-0.05, 0) is 48.2 Å². The lowest BCUT2D eigenvalue weighted by atomic mass is 9.99. The van der Waals surface area contributed by atoms with Gasteiger partial charge in [0.05, 0.1) is 0 Å². The van der Waals surface area contributed by atoms with Crippen molar-refractivity contribution in [2.75, 3.05) is 11.9 Å². The highest BCUT2D eigenvalue weighted by molar-refractivity contribution is 5.94. The summed E-state index contributed by atoms with van der Waals surface area (Å²) in [6.07, 6.45) is 1.79. The van der Waals surface area contributed by atoms with Gasteiger partial charge >= 0.3 is 0 Å². The third-order valence-electron chi connectivity index (χ3n) is 3.95. The van der Waals surface area contributed by atoms with Crippen LogP contribution in [0.15, 0.2) is 36.4 Å². The molecule has 1 heterocycles. The van der Waals surface area contributed by atoms with Crippen molar-refractivity contribution in [2.24, 2.45) is 0 Å². The molecule has 0 aromatic heterocycles. The fourth-order valence-corrected chi connectivity index (χ4v) is 2.65. The van der Waals surface area contributed by atoms with Gasteiger partial charge in [0.1, 0.15) is 0 Å². The van der Waals surface area contributed by atoms with Crippen LogP contribution in [-0.2, 0) is 17.6 Å². The topological polar surface area (TPSA) is 58.2 Å². The van der Waals surface area contributed by atoms with Crippen LogP contribution in [0.5, 0.6) is 0 Å². The molecule has 2 N–H and O–H groups in total. The summed E-state index contributed by atoms with van der Waals surface area (Å²) in [6.45, 7) is 0.378. The predicted octanol–water partition coefficient (Wildman–Crippen LogP) is 2.82. The second-order valence-electron chi connectivity index (χ2n) is 5.67. The van der Waals surface area contributed by atoms with Crippen LogP contribution in [0.4, 0.5) is 14.5 Å². The molecule has 0 fully saturated rings. The van der Waals surface area contributed by atoms with Crippen molar-refractivity contribution in [1.29, 1.82) is 0 Å². The molecule has 0 radical (unpaired) electrons. The second-order valence-corrected chi connectivity index (χ2v) is 5.67. The number of anilines is 1. The summed E-state index contributed by atoms with van der Waals surface area (Å²) in [7, 11) is 0. The molecule has 24 heavy (non-hydrogen) atoms. The van der Waals surface area contributed by atoms with Gasteiger partial charge < -0.3 is 10.6 Å². The molecule has 0 spiro atoms. The van der Waals surface area contributed by atoms with Gasteiger partial charge in [-0.3, -0.25) is 9.59 Å². The van der Waals surface area contributed by atoms with Crippen LogP contribution >= 0.6 is 0 Å². The molecule has 1 aliphatic heterocycles. The van der Waals surface area contributed by atoms with Crippen molar-refractivity contribution < 1.29 is 18.4 Å². The quantitative estimate of drug-likeness (QED) is 0.906. The van der Waals surface area contributed by atoms with E-state index in [1.165, 1.54) is 6.07 Å². The summed E-state index contributed by atoms with van der Waals surface area (Å²) in [6, 6.07) is 8.83. The molecular weight excluding hydrogens is 314 g/mol. The number of carbonyl (C=O) groups is 2. The SMILES string of the molecule is O=C1CCc2cc(CCNC(=O)c3ccc(F)c(F)c3)ccc2N1. The van der Waals surface area contributed by atoms with Gasteiger partial charge in [0.15, 0.2) is 11.6 Å². The van der Waals surface area contributed by atoms with Crippen LogP contribution in [0.3, 0.4) is 0 Å². The van der Waals surface area contributed by atoms with Crippen LogP contribution in [0.2, 0.25) is 0 Å². The minimum absolute atomic E-state index is 0.0223. The molecular formula is C18H16F2N2O2. The molecule has 6 heteroatoms. The Morgan fingerprint density at radius 2 is 1.92 bits per heavy atom. The summed E-state index contributed by atoms with van der Waals surface area (Å²) in [5.74, 6) is -2.44. The van der Waals surface area contributed by atoms with E-state index in [-0.39, 0.29) is 11.5 Å². The summed E-state index contributed by atoms with van der Waals surface area (Å²) in [4.78, 5) is 23.2. The third-order valence-corrected chi connectivity index (χ3v) is 3.95. The Labute approximate surface area is 137 Å². The van der Waals surface area contributed by atoms with Gasteiger partial charge in [0.2, 0.25) is 5.91 Å². The standard InChI is InChI=1S/C18H16F2N2O2/c19-14-4-2-13(10-15(14)20)18(24)21-8-7-11-1-5-16-12(9-11)3-6-17(23)22-16/h1-2,4-5,9-10H,3,6-8H2,(H,21,24)(H,22,23). The van der Waals surface area contributed by atoms with E-state index < -0.39 is 17.5 Å². The Morgan fingerprint density at radius 3 is 2.71 bits per heavy atom. The maximum Gasteiger partial charge on any atom is 0.251 e. The molecule has 4 nitrogen and oxygen atoms in total. The maximum atomic E-state index is 13.1. The summed E-state index contributed by atoms with van der Waals surface area (Å²) in [5.41, 5.74) is 3.04. The average molecular weight is 330 g/mol. The molecule has 2 aromatic rings. The van der Waals surface area contributed by atoms with E-state index in [9.17, 15) is 18.4 Å². The van der Waals surface area contributed by atoms with E-state index in [1.807, 2.05) is 18.2 Å². The molecule has 2 aromatic carbocycles. The van der Waals surface area contributed by atoms with E-state index in [2.05, 4.69) is 10.6 Å². The fourth-order valence-electron chi connectivity index (χ4n) is 2.65. The molecule has 0 atom stereocenters. The van der Waals surface area contributed by atoms with E-state index in [0.29, 0.717) is 25.8 Å². The highest BCUT2D eigenvalue weighted by Gasteiger charge is 2.15. The molecule has 0 saturated heterocycles. The van der Waals surface area contributed by atoms with Crippen LogP contribution in [0.25, 0.3) is 0 Å². The van der Waals surface area contributed by atoms with Gasteiger partial charge in [-0.15, -0.1) is 0 Å². The Bertz CT molecular complexity index is 806. The number of carbonyl (C=O) groups excluding carboxylic acids is 2. The number of fused-ring (bicyclic) bond motifs is 1. The van der Waals surface area contributed by atoms with Gasteiger partial charge in [0, 0.05) is 24.2 Å². The van der Waals surface area contributed by atoms with Gasteiger partial charge in [-0.1, -0.05) is 12.1 Å². The van der Waals surface area contributed by atoms with Crippen molar-refractivity contribution in [3.63, 3.8) is 0 Å². The minimum Gasteiger partial charge on any atom is -0.352 e. The molecule has 3 rings (SSSR count). The van der Waals surface area contributed by atoms with E-state index in [1.54, 1.807) is 0 Å². The highest BCUT2D eigenvalue weighted by Crippen LogP contribution is 2.23. The minimum atomic E-state index is -1.04. The highest BCUT2D eigenvalue weighted by atomic mass is 19.2. The molecule has 124 valence electrons. The van der Waals surface area contributed by atoms with Crippen LogP contribution < -0.4 is 10.6 Å². The number of hydrogen-bond donors (Lipinski definition) is 2. The zero-order valence-corrected chi connectivity index (χ0v) is 12.9. The Morgan fingerprint density at radius 1 is 1.08 bits per heavy atom. The van der Waals surface area contributed by atoms with Crippen molar-refractivity contribution in [3.05, 3.63) is 64.7 Å². The lowest BCUT2D eigenvalue weighted by Crippen LogP contribution is -2.26. The van der Waals surface area contributed by atoms with Crippen molar-refractivity contribution >= 4 is 17.5 Å². The number of nitrogens with one attached hydrogen (secondary N) is 2. The lowest BCUT2D eigenvalue weighted by molar-refractivity contribution is -0.116. The van der Waals surface area contributed by atoms with Gasteiger partial charge in [-0.25, -0.2) is 8.78 Å². The number of benzene rings is 2. The maximum absolute atomic E-state index is 13.1. The molecule has 1 aliphatic rings. The summed E-state index contributed by atoms with van der Waals surface area (Å²) < 4.78 is 26.0. The first-order valence-electron chi connectivity index (χ1n) is 7.68. The first-order chi connectivity index (χ1) is 11.5. The van der Waals surface area contributed by atoms with Crippen LogP contribution in [0.1, 0.15) is 27.9 Å². The largest absolute Gasteiger partial charge is 0.352 e. The number of rotatable bonds is 4. The first kappa shape index (κ1) is 16.1. The van der Waals surface area contributed by atoms with Gasteiger partial charge in [0.25, 0.3) is 5.91 Å². The molecule has 2 amide bonds. The molecule has 0 aliphatic carbocycles. The summed E-state index contributed by atoms with van der Waals surface area (Å²) >= 11 is 0. The van der Waals surface area contributed by atoms with Crippen molar-refractivity contribution in [1.82, 2.24) is 5.32 Å². The predicted molar refractivity (Wildman–Crippen MR) is 85.8 cm³/mol. The lowest BCUT2D eigenvalue weighted by Gasteiger charge is -2.17. The zero-order chi connectivity index (χ0) is 17.1. The third kappa shape index (κ3) is 3.59. The van der Waals surface area contributed by atoms with E-state index in [4.69, 9.17) is 0 Å². The van der Waals surface area contributed by atoms with Crippen molar-refractivity contribution in [2.45, 2.75) is 19.3 Å². The zero-order valence-electron chi connectivity index (χ0n) is 12.9. The van der Waals surface area contributed by atoms with E-state index >= 15 is 0 Å². The summed E-state index contributed by atoms with van der Waals surface area (Å²) in [5, 5.41) is 5.50. The molecule has 0 bridgehead atoms. The second kappa shape index (κ2) is 6.78. The number of amides is 2. The number of aryl methyl sites for hydroxylation is 1. The first-order valence-corrected chi connectivity index (χ1v) is 7.68. The average Bonchev–Trinajstić information content (AvgIpc) is 2.57. The Kier molecular flexibility index (Phi) is 4.55. The van der Waals surface area contributed by atoms with Gasteiger partial charge in [-0.2, -0.15) is 0 Å². The number of hydrogen-bond acceptors (Lipinski definition) is 2. The van der Waals surface area contributed by atoms with Crippen LogP contribution in [-0.4, -0.2) is 18.4 Å². The normalized spacial score (nSPS) is 13.2. The molecule has 0 saturated carbocycles. The van der Waals surface area contributed by atoms with Crippen molar-refractivity contribution in [3.8, 4) is 0 Å². The molecule has 0 unspecified atom stereocenters. The van der Waals surface area contributed by atoms with Crippen LogP contribution in [0, 0.1) is 11.6 Å².